The molecule has 0 saturated heterocycles. The van der Waals surface area contributed by atoms with E-state index in [0.29, 0.717) is 6.04 Å². The molecule has 0 fully saturated rings. The maximum absolute atomic E-state index is 3.58. The highest BCUT2D eigenvalue weighted by Crippen LogP contribution is 2.22. The van der Waals surface area contributed by atoms with Crippen LogP contribution in [0.15, 0.2) is 54.6 Å². The van der Waals surface area contributed by atoms with Crippen LogP contribution in [0.1, 0.15) is 17.2 Å². The summed E-state index contributed by atoms with van der Waals surface area (Å²) in [5.74, 6) is 0. The lowest BCUT2D eigenvalue weighted by molar-refractivity contribution is 0.523. The number of benzene rings is 2. The molecule has 0 saturated carbocycles. The van der Waals surface area contributed by atoms with E-state index in [1.54, 1.807) is 0 Å². The highest BCUT2D eigenvalue weighted by atomic mass is 15.0. The van der Waals surface area contributed by atoms with Crippen LogP contribution in [0.2, 0.25) is 0 Å². The Hall–Kier alpha value is -1.80. The molecule has 1 aliphatic heterocycles. The Labute approximate surface area is 108 Å². The van der Waals surface area contributed by atoms with Gasteiger partial charge in [0.2, 0.25) is 0 Å². The average Bonchev–Trinajstić information content (AvgIpc) is 2.46. The maximum atomic E-state index is 3.58. The quantitative estimate of drug-likeness (QED) is 0.859. The molecular weight excluding hydrogens is 220 g/mol. The molecular formula is C16H18N2. The number of anilines is 1. The molecule has 3 rings (SSSR count). The zero-order chi connectivity index (χ0) is 12.2. The van der Waals surface area contributed by atoms with Gasteiger partial charge >= 0.3 is 0 Å². The van der Waals surface area contributed by atoms with Crippen molar-refractivity contribution < 1.29 is 0 Å². The van der Waals surface area contributed by atoms with Crippen LogP contribution in [-0.2, 0) is 6.42 Å². The molecule has 0 radical (unpaired) electrons. The number of rotatable bonds is 3. The number of hydrogen-bond acceptors (Lipinski definition) is 2. The number of fused-ring (bicyclic) bond motifs is 1. The highest BCUT2D eigenvalue weighted by molar-refractivity contribution is 5.43. The van der Waals surface area contributed by atoms with Gasteiger partial charge in [-0.2, -0.15) is 0 Å². The standard InChI is InChI=1S/C16H18N2/c1-2-7-14(8-3-1)18-12-16-15-9-5-4-6-13(15)10-11-17-16/h1-9,16-18H,10-12H2. The zero-order valence-electron chi connectivity index (χ0n) is 10.4. The molecule has 2 aromatic rings. The summed E-state index contributed by atoms with van der Waals surface area (Å²) in [5, 5.41) is 7.08. The van der Waals surface area contributed by atoms with Crippen LogP contribution in [0.5, 0.6) is 0 Å². The first-order chi connectivity index (χ1) is 8.93. The molecule has 2 heteroatoms. The minimum absolute atomic E-state index is 0.412. The summed E-state index contributed by atoms with van der Waals surface area (Å²) in [4.78, 5) is 0. The van der Waals surface area contributed by atoms with Gasteiger partial charge in [-0.25, -0.2) is 0 Å². The average molecular weight is 238 g/mol. The van der Waals surface area contributed by atoms with Gasteiger partial charge in [-0.15, -0.1) is 0 Å². The van der Waals surface area contributed by atoms with E-state index in [-0.39, 0.29) is 0 Å². The molecule has 0 amide bonds. The van der Waals surface area contributed by atoms with Crippen molar-refractivity contribution in [3.8, 4) is 0 Å². The third kappa shape index (κ3) is 2.39. The zero-order valence-corrected chi connectivity index (χ0v) is 10.4. The largest absolute Gasteiger partial charge is 0.383 e. The third-order valence-corrected chi connectivity index (χ3v) is 3.50. The van der Waals surface area contributed by atoms with Gasteiger partial charge in [-0.05, 0) is 36.2 Å². The molecule has 92 valence electrons. The summed E-state index contributed by atoms with van der Waals surface area (Å²) >= 11 is 0. The SMILES string of the molecule is c1ccc(NCC2NCCc3ccccc32)cc1. The van der Waals surface area contributed by atoms with Crippen LogP contribution in [0.4, 0.5) is 5.69 Å². The molecule has 2 N–H and O–H groups in total. The van der Waals surface area contributed by atoms with Crippen molar-refractivity contribution >= 4 is 5.69 Å². The summed E-state index contributed by atoms with van der Waals surface area (Å²) in [5.41, 5.74) is 4.10. The molecule has 1 aliphatic rings. The topological polar surface area (TPSA) is 24.1 Å². The van der Waals surface area contributed by atoms with E-state index in [1.165, 1.54) is 16.8 Å². The second kappa shape index (κ2) is 5.23. The fraction of sp³-hybridized carbons (Fsp3) is 0.250. The van der Waals surface area contributed by atoms with Gasteiger partial charge in [0.15, 0.2) is 0 Å². The van der Waals surface area contributed by atoms with Gasteiger partial charge in [-0.1, -0.05) is 42.5 Å². The van der Waals surface area contributed by atoms with E-state index < -0.39 is 0 Å². The summed E-state index contributed by atoms with van der Waals surface area (Å²) in [6, 6.07) is 19.5. The molecule has 1 atom stereocenters. The fourth-order valence-electron chi connectivity index (χ4n) is 2.55. The molecule has 0 aliphatic carbocycles. The van der Waals surface area contributed by atoms with Gasteiger partial charge in [0.05, 0.1) is 0 Å². The molecule has 1 heterocycles. The van der Waals surface area contributed by atoms with E-state index in [2.05, 4.69) is 59.2 Å². The molecule has 1 unspecified atom stereocenters. The summed E-state index contributed by atoms with van der Waals surface area (Å²) in [6.07, 6.45) is 1.14. The van der Waals surface area contributed by atoms with Crippen LogP contribution >= 0.6 is 0 Å². The van der Waals surface area contributed by atoms with E-state index in [1.807, 2.05) is 6.07 Å². The lowest BCUT2D eigenvalue weighted by Gasteiger charge is -2.27. The van der Waals surface area contributed by atoms with Crippen LogP contribution in [0.3, 0.4) is 0 Å². The van der Waals surface area contributed by atoms with Gasteiger partial charge in [0.1, 0.15) is 0 Å². The second-order valence-electron chi connectivity index (χ2n) is 4.70. The van der Waals surface area contributed by atoms with Crippen molar-refractivity contribution in [1.29, 1.82) is 0 Å². The minimum atomic E-state index is 0.412. The van der Waals surface area contributed by atoms with Crippen molar-refractivity contribution in [3.63, 3.8) is 0 Å². The van der Waals surface area contributed by atoms with Crippen molar-refractivity contribution in [2.24, 2.45) is 0 Å². The number of para-hydroxylation sites is 1. The Balaban J connectivity index is 1.71. The third-order valence-electron chi connectivity index (χ3n) is 3.50. The van der Waals surface area contributed by atoms with Crippen molar-refractivity contribution in [3.05, 3.63) is 65.7 Å². The molecule has 0 bridgehead atoms. The van der Waals surface area contributed by atoms with Crippen LogP contribution in [0, 0.1) is 0 Å². The number of nitrogens with one attached hydrogen (secondary N) is 2. The van der Waals surface area contributed by atoms with E-state index in [9.17, 15) is 0 Å². The fourth-order valence-corrected chi connectivity index (χ4v) is 2.55. The Morgan fingerprint density at radius 3 is 2.67 bits per heavy atom. The summed E-state index contributed by atoms with van der Waals surface area (Å²) < 4.78 is 0. The molecule has 0 aromatic heterocycles. The first-order valence-corrected chi connectivity index (χ1v) is 6.53. The predicted octanol–water partition coefficient (Wildman–Crippen LogP) is 2.99. The van der Waals surface area contributed by atoms with Gasteiger partial charge in [0, 0.05) is 18.3 Å². The molecule has 0 spiro atoms. The predicted molar refractivity (Wildman–Crippen MR) is 75.8 cm³/mol. The van der Waals surface area contributed by atoms with E-state index in [4.69, 9.17) is 0 Å². The van der Waals surface area contributed by atoms with Crippen molar-refractivity contribution in [1.82, 2.24) is 5.32 Å². The van der Waals surface area contributed by atoms with Gasteiger partial charge < -0.3 is 10.6 Å². The first kappa shape index (κ1) is 11.3. The summed E-state index contributed by atoms with van der Waals surface area (Å²) in [7, 11) is 0. The monoisotopic (exact) mass is 238 g/mol. The molecule has 18 heavy (non-hydrogen) atoms. The number of hydrogen-bond donors (Lipinski definition) is 2. The lowest BCUT2D eigenvalue weighted by atomic mass is 9.94. The Morgan fingerprint density at radius 1 is 1.00 bits per heavy atom. The first-order valence-electron chi connectivity index (χ1n) is 6.53. The highest BCUT2D eigenvalue weighted by Gasteiger charge is 2.18. The Bertz CT molecular complexity index is 508. The lowest BCUT2D eigenvalue weighted by Crippen LogP contribution is -2.34. The Kier molecular flexibility index (Phi) is 3.29. The van der Waals surface area contributed by atoms with E-state index >= 15 is 0 Å². The second-order valence-corrected chi connectivity index (χ2v) is 4.70. The van der Waals surface area contributed by atoms with Gasteiger partial charge in [0.25, 0.3) is 0 Å². The van der Waals surface area contributed by atoms with E-state index in [0.717, 1.165) is 19.5 Å². The smallest absolute Gasteiger partial charge is 0.0498 e. The van der Waals surface area contributed by atoms with Crippen molar-refractivity contribution in [2.75, 3.05) is 18.4 Å². The van der Waals surface area contributed by atoms with Crippen LogP contribution in [-0.4, -0.2) is 13.1 Å². The molecule has 2 aromatic carbocycles. The van der Waals surface area contributed by atoms with Gasteiger partial charge in [-0.3, -0.25) is 0 Å². The minimum Gasteiger partial charge on any atom is -0.383 e. The maximum Gasteiger partial charge on any atom is 0.0498 e. The van der Waals surface area contributed by atoms with Crippen LogP contribution < -0.4 is 10.6 Å². The molecule has 2 nitrogen and oxygen atoms in total. The summed E-state index contributed by atoms with van der Waals surface area (Å²) in [6.45, 7) is 2.00. The van der Waals surface area contributed by atoms with Crippen LogP contribution in [0.25, 0.3) is 0 Å². The normalized spacial score (nSPS) is 18.1. The Morgan fingerprint density at radius 2 is 1.78 bits per heavy atom. The van der Waals surface area contributed by atoms with Crippen molar-refractivity contribution in [2.45, 2.75) is 12.5 Å².